The van der Waals surface area contributed by atoms with Crippen molar-refractivity contribution in [2.45, 2.75) is 62.9 Å². The van der Waals surface area contributed by atoms with Gasteiger partial charge in [0.15, 0.2) is 0 Å². The normalized spacial score (nSPS) is 31.4. The zero-order valence-corrected chi connectivity index (χ0v) is 11.9. The van der Waals surface area contributed by atoms with Gasteiger partial charge in [-0.15, -0.1) is 0 Å². The average Bonchev–Trinajstić information content (AvgIpc) is 2.52. The van der Waals surface area contributed by atoms with E-state index >= 15 is 0 Å². The van der Waals surface area contributed by atoms with Gasteiger partial charge >= 0.3 is 0 Å². The number of likely N-dealkylation sites (N-methyl/N-ethyl adjacent to an activating group) is 1. The van der Waals surface area contributed by atoms with Crippen LogP contribution in [0.5, 0.6) is 0 Å². The quantitative estimate of drug-likeness (QED) is 0.778. The maximum atomic E-state index is 9.30. The number of hydrogen-bond donors (Lipinski definition) is 1. The summed E-state index contributed by atoms with van der Waals surface area (Å²) >= 11 is 0. The van der Waals surface area contributed by atoms with Gasteiger partial charge in [0.25, 0.3) is 0 Å². The van der Waals surface area contributed by atoms with Gasteiger partial charge in [0, 0.05) is 18.1 Å². The Bertz CT molecular complexity index is 301. The summed E-state index contributed by atoms with van der Waals surface area (Å²) in [5, 5.41) is 13.0. The number of nitriles is 1. The van der Waals surface area contributed by atoms with Crippen molar-refractivity contribution in [3.05, 3.63) is 0 Å². The van der Waals surface area contributed by atoms with Crippen LogP contribution >= 0.6 is 0 Å². The topological polar surface area (TPSA) is 39.1 Å². The highest BCUT2D eigenvalue weighted by atomic mass is 15.2. The number of nitrogens with zero attached hydrogens (tertiary/aromatic N) is 2. The largest absolute Gasteiger partial charge is 0.311 e. The van der Waals surface area contributed by atoms with Gasteiger partial charge in [0.2, 0.25) is 0 Å². The fourth-order valence-corrected chi connectivity index (χ4v) is 3.39. The Kier molecular flexibility index (Phi) is 4.64. The summed E-state index contributed by atoms with van der Waals surface area (Å²) < 4.78 is 0. The van der Waals surface area contributed by atoms with Gasteiger partial charge in [0.1, 0.15) is 0 Å². The van der Waals surface area contributed by atoms with Gasteiger partial charge < -0.3 is 10.2 Å². The zero-order chi connectivity index (χ0) is 13.0. The van der Waals surface area contributed by atoms with Crippen LogP contribution in [0.4, 0.5) is 0 Å². The highest BCUT2D eigenvalue weighted by molar-refractivity contribution is 5.00. The highest BCUT2D eigenvalue weighted by Crippen LogP contribution is 2.36. The summed E-state index contributed by atoms with van der Waals surface area (Å²) in [5.74, 6) is 0.229. The molecule has 0 aromatic heterocycles. The summed E-state index contributed by atoms with van der Waals surface area (Å²) in [6, 6.07) is 2.95. The zero-order valence-electron chi connectivity index (χ0n) is 11.9. The molecule has 0 spiro atoms. The molecular weight excluding hydrogens is 222 g/mol. The molecule has 0 aliphatic heterocycles. The number of rotatable bonds is 4. The van der Waals surface area contributed by atoms with Gasteiger partial charge in [-0.3, -0.25) is 0 Å². The second-order valence-corrected chi connectivity index (χ2v) is 6.33. The molecule has 2 fully saturated rings. The van der Waals surface area contributed by atoms with E-state index < -0.39 is 0 Å². The summed E-state index contributed by atoms with van der Waals surface area (Å²) in [5.41, 5.74) is 0.367. The van der Waals surface area contributed by atoms with Crippen molar-refractivity contribution in [2.75, 3.05) is 20.6 Å². The monoisotopic (exact) mass is 249 g/mol. The Labute approximate surface area is 112 Å². The smallest absolute Gasteiger partial charge is 0.0672 e. The minimum absolute atomic E-state index is 0.229. The molecule has 1 N–H and O–H groups in total. The first-order valence-corrected chi connectivity index (χ1v) is 7.48. The van der Waals surface area contributed by atoms with Gasteiger partial charge in [-0.2, -0.15) is 5.26 Å². The second-order valence-electron chi connectivity index (χ2n) is 6.33. The van der Waals surface area contributed by atoms with Crippen molar-refractivity contribution >= 4 is 0 Å². The van der Waals surface area contributed by atoms with Crippen LogP contribution in [0.15, 0.2) is 0 Å². The first kappa shape index (κ1) is 13.8. The minimum atomic E-state index is 0.229. The van der Waals surface area contributed by atoms with E-state index in [0.717, 1.165) is 13.0 Å². The molecule has 0 heterocycles. The molecule has 2 aliphatic carbocycles. The molecule has 2 rings (SSSR count). The molecule has 2 atom stereocenters. The van der Waals surface area contributed by atoms with Crippen LogP contribution in [0.25, 0.3) is 0 Å². The Morgan fingerprint density at radius 1 is 1.17 bits per heavy atom. The Hall–Kier alpha value is -0.590. The van der Waals surface area contributed by atoms with E-state index in [0.29, 0.717) is 11.6 Å². The summed E-state index contributed by atoms with van der Waals surface area (Å²) in [6.07, 6.45) is 10.0. The van der Waals surface area contributed by atoms with E-state index in [9.17, 15) is 5.26 Å². The summed E-state index contributed by atoms with van der Waals surface area (Å²) in [7, 11) is 4.38. The number of nitrogens with one attached hydrogen (secondary N) is 1. The molecular formula is C15H27N3. The predicted octanol–water partition coefficient (Wildman–Crippen LogP) is 2.53. The van der Waals surface area contributed by atoms with Crippen molar-refractivity contribution < 1.29 is 0 Å². The van der Waals surface area contributed by atoms with Crippen LogP contribution in [0, 0.1) is 17.2 Å². The molecule has 0 saturated heterocycles. The maximum Gasteiger partial charge on any atom is 0.0672 e. The lowest BCUT2D eigenvalue weighted by Crippen LogP contribution is -2.58. The minimum Gasteiger partial charge on any atom is -0.311 e. The van der Waals surface area contributed by atoms with Crippen LogP contribution in [0.1, 0.15) is 51.4 Å². The van der Waals surface area contributed by atoms with Gasteiger partial charge in [0.05, 0.1) is 12.0 Å². The third-order valence-electron chi connectivity index (χ3n) is 5.11. The molecule has 2 unspecified atom stereocenters. The molecule has 0 bridgehead atoms. The Morgan fingerprint density at radius 3 is 2.44 bits per heavy atom. The van der Waals surface area contributed by atoms with E-state index in [1.54, 1.807) is 0 Å². The molecule has 102 valence electrons. The third-order valence-corrected chi connectivity index (χ3v) is 5.11. The molecule has 2 saturated carbocycles. The fraction of sp³-hybridized carbons (Fsp3) is 0.933. The summed E-state index contributed by atoms with van der Waals surface area (Å²) in [4.78, 5) is 2.38. The van der Waals surface area contributed by atoms with Gasteiger partial charge in [-0.05, 0) is 46.2 Å². The summed E-state index contributed by atoms with van der Waals surface area (Å²) in [6.45, 7) is 1.06. The molecule has 2 aliphatic rings. The SMILES string of the molecule is CN(C)C1(CNC2CCCCCC2C#N)CCC1. The van der Waals surface area contributed by atoms with E-state index in [2.05, 4.69) is 30.4 Å². The van der Waals surface area contributed by atoms with Crippen LogP contribution in [-0.4, -0.2) is 37.1 Å². The van der Waals surface area contributed by atoms with Crippen molar-refractivity contribution in [1.82, 2.24) is 10.2 Å². The van der Waals surface area contributed by atoms with Crippen molar-refractivity contribution in [2.24, 2.45) is 5.92 Å². The molecule has 0 radical (unpaired) electrons. The number of hydrogen-bond acceptors (Lipinski definition) is 3. The van der Waals surface area contributed by atoms with Crippen LogP contribution in [0.2, 0.25) is 0 Å². The standard InChI is InChI=1S/C15H27N3/c1-18(2)15(9-6-10-15)12-17-14-8-5-3-4-7-13(14)11-16/h13-14,17H,3-10,12H2,1-2H3. The predicted molar refractivity (Wildman–Crippen MR) is 74.2 cm³/mol. The van der Waals surface area contributed by atoms with E-state index in [1.165, 1.54) is 44.9 Å². The fourth-order valence-electron chi connectivity index (χ4n) is 3.39. The lowest BCUT2D eigenvalue weighted by Gasteiger charge is -2.48. The molecule has 0 aromatic rings. The lowest BCUT2D eigenvalue weighted by molar-refractivity contribution is 0.0553. The molecule has 0 aromatic carbocycles. The maximum absolute atomic E-state index is 9.30. The van der Waals surface area contributed by atoms with Crippen molar-refractivity contribution in [3.8, 4) is 6.07 Å². The molecule has 0 amide bonds. The van der Waals surface area contributed by atoms with Crippen molar-refractivity contribution in [1.29, 1.82) is 5.26 Å². The lowest BCUT2D eigenvalue weighted by atomic mass is 9.75. The third kappa shape index (κ3) is 2.87. The van der Waals surface area contributed by atoms with Crippen LogP contribution in [-0.2, 0) is 0 Å². The average molecular weight is 249 g/mol. The van der Waals surface area contributed by atoms with E-state index in [4.69, 9.17) is 0 Å². The molecule has 3 nitrogen and oxygen atoms in total. The van der Waals surface area contributed by atoms with E-state index in [1.807, 2.05) is 0 Å². The molecule has 18 heavy (non-hydrogen) atoms. The van der Waals surface area contributed by atoms with Crippen molar-refractivity contribution in [3.63, 3.8) is 0 Å². The van der Waals surface area contributed by atoms with Crippen LogP contribution < -0.4 is 5.32 Å². The second kappa shape index (κ2) is 6.04. The van der Waals surface area contributed by atoms with E-state index in [-0.39, 0.29) is 5.92 Å². The highest BCUT2D eigenvalue weighted by Gasteiger charge is 2.39. The Balaban J connectivity index is 1.89. The van der Waals surface area contributed by atoms with Gasteiger partial charge in [-0.1, -0.05) is 19.3 Å². The van der Waals surface area contributed by atoms with Crippen LogP contribution in [0.3, 0.4) is 0 Å². The van der Waals surface area contributed by atoms with Gasteiger partial charge in [-0.25, -0.2) is 0 Å². The first-order valence-electron chi connectivity index (χ1n) is 7.48. The molecule has 3 heteroatoms. The first-order chi connectivity index (χ1) is 8.68. The Morgan fingerprint density at radius 2 is 1.89 bits per heavy atom.